The lowest BCUT2D eigenvalue weighted by Crippen LogP contribution is -2.35. The van der Waals surface area contributed by atoms with E-state index in [1.54, 1.807) is 0 Å². The monoisotopic (exact) mass is 479 g/mol. The zero-order valence-corrected chi connectivity index (χ0v) is 20.9. The molecule has 7 rings (SSSR count). The lowest BCUT2D eigenvalue weighted by atomic mass is 9.63. The van der Waals surface area contributed by atoms with Gasteiger partial charge in [0.1, 0.15) is 5.75 Å². The molecule has 1 aliphatic heterocycles. The molecule has 5 aromatic carbocycles. The van der Waals surface area contributed by atoms with E-state index < -0.39 is 5.41 Å². The first-order chi connectivity index (χ1) is 18.1. The van der Waals surface area contributed by atoms with Crippen molar-refractivity contribution in [3.63, 3.8) is 0 Å². The van der Waals surface area contributed by atoms with E-state index in [1.165, 1.54) is 44.4 Å². The molecule has 0 unspecified atom stereocenters. The van der Waals surface area contributed by atoms with Gasteiger partial charge in [-0.05, 0) is 60.4 Å². The van der Waals surface area contributed by atoms with Gasteiger partial charge < -0.3 is 14.2 Å². The zero-order valence-electron chi connectivity index (χ0n) is 20.9. The highest BCUT2D eigenvalue weighted by molar-refractivity contribution is 6.18. The number of benzene rings is 5. The van der Waals surface area contributed by atoms with Crippen molar-refractivity contribution in [2.45, 2.75) is 19.3 Å². The van der Waals surface area contributed by atoms with Crippen LogP contribution in [0.15, 0.2) is 109 Å². The van der Waals surface area contributed by atoms with Crippen LogP contribution in [-0.2, 0) is 5.41 Å². The summed E-state index contributed by atoms with van der Waals surface area (Å²) in [6.45, 7) is 4.26. The van der Waals surface area contributed by atoms with Gasteiger partial charge in [0, 0.05) is 10.8 Å². The summed E-state index contributed by atoms with van der Waals surface area (Å²) in [5, 5.41) is 12.0. The van der Waals surface area contributed by atoms with Gasteiger partial charge in [-0.15, -0.1) is 0 Å². The Balaban J connectivity index is 1.76. The van der Waals surface area contributed by atoms with E-state index in [0.29, 0.717) is 5.75 Å². The first-order valence-electron chi connectivity index (χ1n) is 12.7. The number of hydrogen-bond acceptors (Lipinski definition) is 2. The van der Waals surface area contributed by atoms with Gasteiger partial charge in [-0.25, -0.2) is 0 Å². The van der Waals surface area contributed by atoms with Crippen molar-refractivity contribution in [3.05, 3.63) is 143 Å². The fraction of sp³-hybridized carbons (Fsp3) is 0.0909. The predicted molar refractivity (Wildman–Crippen MR) is 152 cm³/mol. The third-order valence-corrected chi connectivity index (χ3v) is 7.90. The second-order valence-electron chi connectivity index (χ2n) is 9.99. The van der Waals surface area contributed by atoms with E-state index >= 15 is 0 Å². The molecule has 4 heteroatoms. The molecule has 2 heterocycles. The Kier molecular flexibility index (Phi) is 4.82. The molecule has 0 saturated carbocycles. The first kappa shape index (κ1) is 22.0. The predicted octanol–water partition coefficient (Wildman–Crippen LogP) is 6.73. The second kappa shape index (κ2) is 8.12. The Bertz CT molecular complexity index is 1750. The summed E-state index contributed by atoms with van der Waals surface area (Å²) in [5.74, 6) is 0.663. The van der Waals surface area contributed by atoms with Gasteiger partial charge in [0.25, 0.3) is 0 Å². The van der Waals surface area contributed by atoms with E-state index in [0.717, 1.165) is 16.5 Å². The molecule has 0 fully saturated rings. The molecule has 37 heavy (non-hydrogen) atoms. The minimum absolute atomic E-state index is 0.373. The van der Waals surface area contributed by atoms with Crippen molar-refractivity contribution < 1.29 is 9.68 Å². The van der Waals surface area contributed by atoms with Crippen LogP contribution >= 0.6 is 0 Å². The largest absolute Gasteiger partial charge is 0.539 e. The maximum absolute atomic E-state index is 9.74. The SMILES string of the molecule is Cc1ccc(C2(c3ccc(C)cc3)c3ccccc3-n3c4ccccc4c4cc(OBO)cc2c43)cc1. The summed E-state index contributed by atoms with van der Waals surface area (Å²) in [6, 6.07) is 39.3. The minimum Gasteiger partial charge on any atom is -0.539 e. The van der Waals surface area contributed by atoms with Crippen molar-refractivity contribution >= 4 is 29.5 Å². The van der Waals surface area contributed by atoms with Gasteiger partial charge in [-0.3, -0.25) is 0 Å². The Morgan fingerprint density at radius 2 is 1.30 bits per heavy atom. The Hall–Kier alpha value is -4.28. The molecule has 0 radical (unpaired) electrons. The summed E-state index contributed by atoms with van der Waals surface area (Å²) in [5.41, 5.74) is 10.2. The van der Waals surface area contributed by atoms with Crippen molar-refractivity contribution in [2.24, 2.45) is 0 Å². The number of rotatable bonds is 4. The normalized spacial score (nSPS) is 13.5. The molecular weight excluding hydrogens is 453 g/mol. The van der Waals surface area contributed by atoms with Gasteiger partial charge in [0.15, 0.2) is 0 Å². The molecule has 6 aromatic rings. The van der Waals surface area contributed by atoms with Crippen molar-refractivity contribution in [1.29, 1.82) is 0 Å². The quantitative estimate of drug-likeness (QED) is 0.284. The van der Waals surface area contributed by atoms with Crippen molar-refractivity contribution in [2.75, 3.05) is 0 Å². The molecule has 0 atom stereocenters. The summed E-state index contributed by atoms with van der Waals surface area (Å²) < 4.78 is 8.18. The van der Waals surface area contributed by atoms with Crippen LogP contribution in [0.1, 0.15) is 33.4 Å². The average Bonchev–Trinajstić information content (AvgIpc) is 3.26. The average molecular weight is 479 g/mol. The van der Waals surface area contributed by atoms with Gasteiger partial charge in [0.2, 0.25) is 0 Å². The molecule has 178 valence electrons. The maximum atomic E-state index is 9.74. The van der Waals surface area contributed by atoms with Crippen LogP contribution in [0.4, 0.5) is 0 Å². The third kappa shape index (κ3) is 3.00. The fourth-order valence-electron chi connectivity index (χ4n) is 6.29. The molecule has 0 aliphatic carbocycles. The maximum Gasteiger partial charge on any atom is 0.504 e. The lowest BCUT2D eigenvalue weighted by Gasteiger charge is -2.42. The van der Waals surface area contributed by atoms with E-state index in [1.807, 2.05) is 0 Å². The Labute approximate surface area is 216 Å². The second-order valence-corrected chi connectivity index (χ2v) is 9.99. The summed E-state index contributed by atoms with van der Waals surface area (Å²) in [7, 11) is -0.373. The molecule has 0 saturated heterocycles. The Morgan fingerprint density at radius 1 is 0.676 bits per heavy atom. The van der Waals surface area contributed by atoms with Crippen LogP contribution in [0.25, 0.3) is 27.5 Å². The van der Waals surface area contributed by atoms with Gasteiger partial charge >= 0.3 is 7.69 Å². The highest BCUT2D eigenvalue weighted by atomic mass is 16.5. The van der Waals surface area contributed by atoms with Gasteiger partial charge in [-0.1, -0.05) is 96.1 Å². The standard InChI is InChI=1S/C33H26BNO2/c1-21-11-15-23(16-12-21)33(24-17-13-22(2)14-18-24)28-8-4-6-10-31(28)35-30-9-5-3-7-26(30)27-19-25(37-34-36)20-29(33)32(27)35/h3-20,34,36H,1-2H3. The van der Waals surface area contributed by atoms with E-state index in [4.69, 9.17) is 4.65 Å². The fourth-order valence-corrected chi connectivity index (χ4v) is 6.29. The molecule has 0 bridgehead atoms. The Morgan fingerprint density at radius 3 is 1.97 bits per heavy atom. The number of aryl methyl sites for hydroxylation is 2. The summed E-state index contributed by atoms with van der Waals surface area (Å²) >= 11 is 0. The highest BCUT2D eigenvalue weighted by Crippen LogP contribution is 2.55. The molecule has 0 amide bonds. The summed E-state index contributed by atoms with van der Waals surface area (Å²) in [4.78, 5) is 0. The van der Waals surface area contributed by atoms with Crippen LogP contribution in [-0.4, -0.2) is 17.3 Å². The zero-order chi connectivity index (χ0) is 25.1. The molecular formula is C33H26BNO2. The molecule has 3 nitrogen and oxygen atoms in total. The molecule has 1 aliphatic rings. The van der Waals surface area contributed by atoms with Crippen molar-refractivity contribution in [3.8, 4) is 11.4 Å². The van der Waals surface area contributed by atoms with Gasteiger partial charge in [-0.2, -0.15) is 0 Å². The van der Waals surface area contributed by atoms with Crippen molar-refractivity contribution in [1.82, 2.24) is 4.57 Å². The van der Waals surface area contributed by atoms with Crippen LogP contribution < -0.4 is 4.65 Å². The number of nitrogens with zero attached hydrogens (tertiary/aromatic N) is 1. The summed E-state index contributed by atoms with van der Waals surface area (Å²) in [6.07, 6.45) is 0. The molecule has 0 spiro atoms. The van der Waals surface area contributed by atoms with E-state index in [9.17, 15) is 5.02 Å². The van der Waals surface area contributed by atoms with Crippen LogP contribution in [0, 0.1) is 13.8 Å². The van der Waals surface area contributed by atoms with Crippen LogP contribution in [0.5, 0.6) is 5.75 Å². The minimum atomic E-state index is -0.574. The lowest BCUT2D eigenvalue weighted by molar-refractivity contribution is 0.453. The number of para-hydroxylation sites is 2. The van der Waals surface area contributed by atoms with Crippen LogP contribution in [0.2, 0.25) is 0 Å². The first-order valence-corrected chi connectivity index (χ1v) is 12.7. The van der Waals surface area contributed by atoms with Gasteiger partial charge in [0.05, 0.1) is 22.1 Å². The van der Waals surface area contributed by atoms with Crippen LogP contribution in [0.3, 0.4) is 0 Å². The molecule has 1 N–H and O–H groups in total. The number of fused-ring (bicyclic) bond motifs is 5. The van der Waals surface area contributed by atoms with E-state index in [2.05, 4.69) is 128 Å². The molecule has 1 aromatic heterocycles. The highest BCUT2D eigenvalue weighted by Gasteiger charge is 2.45. The van der Waals surface area contributed by atoms with E-state index in [-0.39, 0.29) is 7.69 Å². The number of aromatic nitrogens is 1. The third-order valence-electron chi connectivity index (χ3n) is 7.90. The number of hydrogen-bond donors (Lipinski definition) is 1. The topological polar surface area (TPSA) is 34.4 Å². The smallest absolute Gasteiger partial charge is 0.504 e.